The number of pyridine rings is 1. The summed E-state index contributed by atoms with van der Waals surface area (Å²) in [6.45, 7) is 8.13. The van der Waals surface area contributed by atoms with E-state index in [4.69, 9.17) is 29.0 Å². The number of thiazole rings is 2. The summed E-state index contributed by atoms with van der Waals surface area (Å²) in [5, 5.41) is 12.3. The largest absolute Gasteiger partial charge is 0.497 e. The van der Waals surface area contributed by atoms with E-state index in [1.807, 2.05) is 97.1 Å². The van der Waals surface area contributed by atoms with E-state index in [9.17, 15) is 19.2 Å². The molecule has 2 atom stereocenters. The quantitative estimate of drug-likeness (QED) is 0.0207. The van der Waals surface area contributed by atoms with Crippen molar-refractivity contribution in [3.8, 4) is 5.75 Å². The maximum absolute atomic E-state index is 14.8. The number of aromatic nitrogens is 3. The second kappa shape index (κ2) is 21.6. The minimum Gasteiger partial charge on any atom is -0.497 e. The van der Waals surface area contributed by atoms with Crippen LogP contribution < -0.4 is 15.4 Å². The van der Waals surface area contributed by atoms with Crippen LogP contribution in [0, 0.1) is 0 Å². The molecule has 9 rings (SSSR count). The molecule has 15 nitrogen and oxygen atoms in total. The van der Waals surface area contributed by atoms with Gasteiger partial charge in [-0.1, -0.05) is 120 Å². The molecule has 0 radical (unpaired) electrons. The molecule has 2 N–H and O–H groups in total. The van der Waals surface area contributed by atoms with E-state index < -0.39 is 51.9 Å². The number of benzene rings is 4. The average molecular weight is 1050 g/mol. The molecule has 0 aliphatic carbocycles. The summed E-state index contributed by atoms with van der Waals surface area (Å²) < 4.78 is 18.5. The first-order chi connectivity index (χ1) is 35.1. The summed E-state index contributed by atoms with van der Waals surface area (Å²) in [5.74, 6) is -1.35. The Labute approximate surface area is 438 Å². The van der Waals surface area contributed by atoms with Gasteiger partial charge in [0.15, 0.2) is 15.2 Å². The minimum absolute atomic E-state index is 0.0508. The maximum atomic E-state index is 14.8. The number of rotatable bonds is 18. The van der Waals surface area contributed by atoms with Crippen molar-refractivity contribution in [3.05, 3.63) is 178 Å². The van der Waals surface area contributed by atoms with Gasteiger partial charge in [0, 0.05) is 29.3 Å². The molecule has 7 aromatic rings. The lowest BCUT2D eigenvalue weighted by atomic mass is 9.77. The standard InChI is InChI=1S/C54H51N7O8S4/c1-52(2,3)68-49(65)53(4,5)69-60-42(40-32-71-50(56-40)59-54(35-16-10-7-11-17-35,36-18-12-8-13-19-36)37-20-14-9-15-21-37)45(62)58-43-46(63)61-44(48(64)67-29-33-22-24-38(66-6)25-23-33)34(30-70-47(43)61)31-72-51-57-39-26-27-55-28-41(39)73-51/h7-28,32,43,47H,29-31H2,1-6H3,(H,56,59)(H,58,62)/b60-42-/t43?,47-/m1/s1. The number of carbonyl (C=O) groups is 4. The zero-order chi connectivity index (χ0) is 51.3. The van der Waals surface area contributed by atoms with Crippen LogP contribution in [0.1, 0.15) is 62.6 Å². The zero-order valence-corrected chi connectivity index (χ0v) is 44.0. The van der Waals surface area contributed by atoms with E-state index in [1.165, 1.54) is 64.9 Å². The van der Waals surface area contributed by atoms with Gasteiger partial charge in [-0.15, -0.1) is 34.4 Å². The fraction of sp³-hybridized carbons (Fsp3) is 0.259. The number of hydrogen-bond donors (Lipinski definition) is 2. The van der Waals surface area contributed by atoms with Gasteiger partial charge in [0.25, 0.3) is 11.8 Å². The number of esters is 2. The lowest BCUT2D eigenvalue weighted by molar-refractivity contribution is -0.179. The number of anilines is 1. The number of methoxy groups -OCH3 is 1. The summed E-state index contributed by atoms with van der Waals surface area (Å²) in [6, 6.07) is 37.9. The summed E-state index contributed by atoms with van der Waals surface area (Å²) in [5.41, 5.74) is 1.53. The van der Waals surface area contributed by atoms with Crippen molar-refractivity contribution < 1.29 is 38.2 Å². The van der Waals surface area contributed by atoms with Crippen LogP contribution in [-0.4, -0.2) is 90.5 Å². The fourth-order valence-corrected chi connectivity index (χ4v) is 12.4. The van der Waals surface area contributed by atoms with E-state index in [0.717, 1.165) is 36.8 Å². The highest BCUT2D eigenvalue weighted by Gasteiger charge is 2.55. The Bertz CT molecular complexity index is 3070. The van der Waals surface area contributed by atoms with Gasteiger partial charge in [0.1, 0.15) is 46.3 Å². The molecular formula is C54H51N7O8S4. The van der Waals surface area contributed by atoms with Crippen LogP contribution in [0.5, 0.6) is 5.75 Å². The Balaban J connectivity index is 1.02. The van der Waals surface area contributed by atoms with Gasteiger partial charge >= 0.3 is 11.9 Å². The number of fused-ring (bicyclic) bond motifs is 2. The normalized spacial score (nSPS) is 16.1. The Kier molecular flexibility index (Phi) is 15.0. The maximum Gasteiger partial charge on any atom is 0.355 e. The van der Waals surface area contributed by atoms with Crippen LogP contribution in [-0.2, 0) is 45.6 Å². The van der Waals surface area contributed by atoms with E-state index in [1.54, 1.807) is 69.9 Å². The SMILES string of the molecule is COc1ccc(COC(=O)C2=C(CSc3nc4ccncc4s3)CS[C@@H]3C(NC(=O)/C(=N\OC(C)(C)C(=O)OC(C)(C)C)c4csc(NC(c5ccccc5)(c5ccccc5)c5ccccc5)n4)C(=O)N23)cc1. The van der Waals surface area contributed by atoms with Crippen LogP contribution in [0.25, 0.3) is 10.2 Å². The Morgan fingerprint density at radius 3 is 2.10 bits per heavy atom. The molecule has 0 spiro atoms. The monoisotopic (exact) mass is 1050 g/mol. The molecule has 2 aliphatic heterocycles. The third-order valence-electron chi connectivity index (χ3n) is 11.7. The Morgan fingerprint density at radius 1 is 0.849 bits per heavy atom. The summed E-state index contributed by atoms with van der Waals surface area (Å²) >= 11 is 5.59. The molecule has 2 aliphatic rings. The molecule has 5 heterocycles. The van der Waals surface area contributed by atoms with Gasteiger partial charge in [-0.25, -0.2) is 19.6 Å². The summed E-state index contributed by atoms with van der Waals surface area (Å²) in [7, 11) is 1.57. The molecule has 374 valence electrons. The van der Waals surface area contributed by atoms with Gasteiger partial charge in [-0.05, 0) is 80.6 Å². The number of nitrogens with one attached hydrogen (secondary N) is 2. The van der Waals surface area contributed by atoms with Gasteiger partial charge in [-0.3, -0.25) is 19.5 Å². The number of hydrogen-bond acceptors (Lipinski definition) is 17. The predicted molar refractivity (Wildman–Crippen MR) is 285 cm³/mol. The summed E-state index contributed by atoms with van der Waals surface area (Å²) in [4.78, 5) is 78.0. The van der Waals surface area contributed by atoms with Gasteiger partial charge in [-0.2, -0.15) is 0 Å². The van der Waals surface area contributed by atoms with Crippen molar-refractivity contribution in [2.45, 2.75) is 73.7 Å². The predicted octanol–water partition coefficient (Wildman–Crippen LogP) is 9.59. The Morgan fingerprint density at radius 2 is 1.49 bits per heavy atom. The van der Waals surface area contributed by atoms with E-state index in [2.05, 4.69) is 20.8 Å². The first kappa shape index (κ1) is 50.9. The second-order valence-corrected chi connectivity index (χ2v) is 22.6. The van der Waals surface area contributed by atoms with Gasteiger partial charge in [0.2, 0.25) is 5.60 Å². The van der Waals surface area contributed by atoms with Crippen LogP contribution in [0.2, 0.25) is 0 Å². The van der Waals surface area contributed by atoms with E-state index in [-0.39, 0.29) is 23.7 Å². The second-order valence-electron chi connectivity index (χ2n) is 18.4. The lowest BCUT2D eigenvalue weighted by Gasteiger charge is -2.49. The number of nitrogens with zero attached hydrogens (tertiary/aromatic N) is 5. The van der Waals surface area contributed by atoms with Crippen LogP contribution in [0.15, 0.2) is 160 Å². The topological polar surface area (TPSA) is 184 Å². The molecule has 2 amide bonds. The highest BCUT2D eigenvalue weighted by molar-refractivity contribution is 8.02. The third kappa shape index (κ3) is 11.1. The van der Waals surface area contributed by atoms with Crippen molar-refractivity contribution in [3.63, 3.8) is 0 Å². The zero-order valence-electron chi connectivity index (χ0n) is 40.7. The van der Waals surface area contributed by atoms with Crippen molar-refractivity contribution in [1.82, 2.24) is 25.2 Å². The van der Waals surface area contributed by atoms with Crippen molar-refractivity contribution >= 4 is 91.0 Å². The first-order valence-electron chi connectivity index (χ1n) is 23.1. The summed E-state index contributed by atoms with van der Waals surface area (Å²) in [6.07, 6.45) is 3.45. The van der Waals surface area contributed by atoms with Crippen LogP contribution in [0.4, 0.5) is 5.13 Å². The van der Waals surface area contributed by atoms with E-state index >= 15 is 0 Å². The number of thioether (sulfide) groups is 2. The molecule has 3 aromatic heterocycles. The molecule has 0 saturated carbocycles. The van der Waals surface area contributed by atoms with Crippen LogP contribution >= 0.6 is 46.2 Å². The van der Waals surface area contributed by atoms with Crippen molar-refractivity contribution in [2.24, 2.45) is 5.16 Å². The highest BCUT2D eigenvalue weighted by atomic mass is 32.2. The van der Waals surface area contributed by atoms with Crippen LogP contribution in [0.3, 0.4) is 0 Å². The molecular weight excluding hydrogens is 1000 g/mol. The van der Waals surface area contributed by atoms with E-state index in [0.29, 0.717) is 28.0 Å². The van der Waals surface area contributed by atoms with Crippen molar-refractivity contribution in [2.75, 3.05) is 23.9 Å². The number of β-lactam (4-membered cyclic amide) rings is 1. The third-order valence-corrected chi connectivity index (χ3v) is 16.1. The molecule has 1 saturated heterocycles. The molecule has 73 heavy (non-hydrogen) atoms. The number of ether oxygens (including phenoxy) is 3. The molecule has 4 aromatic carbocycles. The van der Waals surface area contributed by atoms with Crippen molar-refractivity contribution in [1.29, 1.82) is 0 Å². The molecule has 1 fully saturated rings. The molecule has 19 heteroatoms. The molecule has 1 unspecified atom stereocenters. The average Bonchev–Trinajstić information content (AvgIpc) is 4.05. The van der Waals surface area contributed by atoms with Gasteiger partial charge in [0.05, 0.1) is 17.3 Å². The smallest absolute Gasteiger partial charge is 0.355 e. The number of oxime groups is 1. The number of amides is 2. The highest BCUT2D eigenvalue weighted by Crippen LogP contribution is 2.44. The number of carbonyl (C=O) groups excluding carboxylic acids is 4. The molecule has 0 bridgehead atoms. The Hall–Kier alpha value is -7.06. The minimum atomic E-state index is -1.65. The lowest BCUT2D eigenvalue weighted by Crippen LogP contribution is -2.71. The first-order valence-corrected chi connectivity index (χ1v) is 26.9. The fourth-order valence-electron chi connectivity index (χ4n) is 8.08. The van der Waals surface area contributed by atoms with Gasteiger partial charge < -0.3 is 29.7 Å².